The Kier molecular flexibility index (Phi) is 7.40. The Balaban J connectivity index is 1.66. The van der Waals surface area contributed by atoms with E-state index in [9.17, 15) is 29.1 Å². The zero-order valence-corrected chi connectivity index (χ0v) is 25.2. The summed E-state index contributed by atoms with van der Waals surface area (Å²) in [6, 6.07) is 3.07. The molecule has 5 rings (SSSR count). The Labute approximate surface area is 253 Å². The fourth-order valence-corrected chi connectivity index (χ4v) is 7.87. The molecule has 0 bridgehead atoms. The number of rotatable bonds is 5. The molecule has 2 aliphatic heterocycles. The number of phenolic OH excluding ortho intramolecular Hbond substituents is 1. The van der Waals surface area contributed by atoms with Crippen molar-refractivity contribution in [1.29, 1.82) is 0 Å². The van der Waals surface area contributed by atoms with Crippen molar-refractivity contribution in [3.05, 3.63) is 35.4 Å². The van der Waals surface area contributed by atoms with Gasteiger partial charge in [-0.3, -0.25) is 24.1 Å². The fraction of sp³-hybridized carbons (Fsp3) is 0.444. The molecule has 14 heteroatoms. The molecule has 218 valence electrons. The summed E-state index contributed by atoms with van der Waals surface area (Å²) in [7, 11) is 3.82. The van der Waals surface area contributed by atoms with Crippen LogP contribution in [-0.2, 0) is 23.9 Å². The first-order valence-corrected chi connectivity index (χ1v) is 14.4. The van der Waals surface area contributed by atoms with Crippen LogP contribution in [0.3, 0.4) is 0 Å². The maximum absolute atomic E-state index is 13.7. The van der Waals surface area contributed by atoms with Gasteiger partial charge in [-0.15, -0.1) is 23.2 Å². The van der Waals surface area contributed by atoms with E-state index >= 15 is 0 Å². The smallest absolute Gasteiger partial charge is 0.423 e. The lowest BCUT2D eigenvalue weighted by Gasteiger charge is -2.49. The molecule has 0 radical (unpaired) electrons. The number of alkyl halides is 3. The summed E-state index contributed by atoms with van der Waals surface area (Å²) < 4.78 is 15.1. The molecule has 1 saturated carbocycles. The molecule has 4 aliphatic rings. The highest BCUT2D eigenvalue weighted by atomic mass is 79.9. The third kappa shape index (κ3) is 3.94. The number of ether oxygens (including phenoxy) is 3. The number of hydrogen-bond acceptors (Lipinski definition) is 9. The van der Waals surface area contributed by atoms with Gasteiger partial charge in [-0.25, -0.2) is 4.79 Å². The van der Waals surface area contributed by atoms with Crippen molar-refractivity contribution in [2.75, 3.05) is 26.8 Å². The molecule has 2 aliphatic carbocycles. The standard InChI is InChI=1S/C27H25BrCl2N2O9/c1-39-17-8-12(9-18(40-2)20(17)33)4-7-16-13-5-6-14-19(22(35)32(21(14)34)25(38)41-3)15(13)10-26(29)23(36)31(11-28)24(37)27(16,26)30/h4-5,7-9,14-16,19,33H,6,10-11H2,1-3H3. The largest absolute Gasteiger partial charge is 0.502 e. The second kappa shape index (κ2) is 10.3. The normalized spacial score (nSPS) is 32.6. The first-order chi connectivity index (χ1) is 19.4. The summed E-state index contributed by atoms with van der Waals surface area (Å²) in [5.74, 6) is -6.49. The van der Waals surface area contributed by atoms with E-state index in [1.165, 1.54) is 26.4 Å². The van der Waals surface area contributed by atoms with Gasteiger partial charge in [-0.1, -0.05) is 39.7 Å². The van der Waals surface area contributed by atoms with Crippen LogP contribution < -0.4 is 9.47 Å². The van der Waals surface area contributed by atoms with Gasteiger partial charge in [0.2, 0.25) is 17.6 Å². The maximum atomic E-state index is 13.7. The Morgan fingerprint density at radius 2 is 1.71 bits per heavy atom. The van der Waals surface area contributed by atoms with Crippen molar-refractivity contribution >= 4 is 74.9 Å². The molecule has 2 saturated heterocycles. The van der Waals surface area contributed by atoms with E-state index in [2.05, 4.69) is 20.7 Å². The lowest BCUT2D eigenvalue weighted by Crippen LogP contribution is -2.60. The van der Waals surface area contributed by atoms with Gasteiger partial charge in [0, 0.05) is 5.92 Å². The second-order valence-corrected chi connectivity index (χ2v) is 11.9. The number of aromatic hydroxyl groups is 1. The lowest BCUT2D eigenvalue weighted by atomic mass is 9.57. The molecule has 1 aromatic carbocycles. The van der Waals surface area contributed by atoms with Gasteiger partial charge in [0.1, 0.15) is 0 Å². The fourth-order valence-electron chi connectivity index (χ4n) is 6.49. The van der Waals surface area contributed by atoms with Crippen molar-refractivity contribution < 1.29 is 43.3 Å². The Morgan fingerprint density at radius 3 is 2.27 bits per heavy atom. The van der Waals surface area contributed by atoms with E-state index in [1.54, 1.807) is 18.2 Å². The minimum atomic E-state index is -1.97. The average Bonchev–Trinajstić information content (AvgIpc) is 3.30. The molecule has 1 N–H and O–H groups in total. The van der Waals surface area contributed by atoms with Crippen molar-refractivity contribution in [1.82, 2.24) is 9.80 Å². The Morgan fingerprint density at radius 1 is 1.07 bits per heavy atom. The predicted octanol–water partition coefficient (Wildman–Crippen LogP) is 3.43. The number of allylic oxidation sites excluding steroid dienone is 3. The highest BCUT2D eigenvalue weighted by molar-refractivity contribution is 9.09. The van der Waals surface area contributed by atoms with Gasteiger partial charge in [0.05, 0.1) is 38.6 Å². The van der Waals surface area contributed by atoms with Gasteiger partial charge in [-0.05, 0) is 36.5 Å². The van der Waals surface area contributed by atoms with Crippen LogP contribution in [0.4, 0.5) is 4.79 Å². The molecule has 2 heterocycles. The van der Waals surface area contributed by atoms with Crippen LogP contribution in [0.25, 0.3) is 6.08 Å². The molecule has 3 fully saturated rings. The minimum Gasteiger partial charge on any atom is -0.502 e. The number of amides is 5. The van der Waals surface area contributed by atoms with Gasteiger partial charge >= 0.3 is 6.09 Å². The van der Waals surface area contributed by atoms with Crippen molar-refractivity contribution in [2.24, 2.45) is 23.7 Å². The number of hydrogen-bond donors (Lipinski definition) is 1. The zero-order valence-electron chi connectivity index (χ0n) is 22.1. The van der Waals surface area contributed by atoms with Crippen LogP contribution in [-0.4, -0.2) is 81.2 Å². The third-order valence-corrected chi connectivity index (χ3v) is 10.3. The number of nitrogens with zero attached hydrogens (tertiary/aromatic N) is 2. The van der Waals surface area contributed by atoms with Gasteiger partial charge < -0.3 is 19.3 Å². The van der Waals surface area contributed by atoms with E-state index in [1.807, 2.05) is 0 Å². The van der Waals surface area contributed by atoms with Crippen LogP contribution in [0.5, 0.6) is 17.2 Å². The molecule has 1 aromatic rings. The number of fused-ring (bicyclic) bond motifs is 4. The topological polar surface area (TPSA) is 140 Å². The van der Waals surface area contributed by atoms with Crippen LogP contribution in [0, 0.1) is 23.7 Å². The predicted molar refractivity (Wildman–Crippen MR) is 149 cm³/mol. The molecule has 41 heavy (non-hydrogen) atoms. The summed E-state index contributed by atoms with van der Waals surface area (Å²) in [5.41, 5.74) is 0.906. The first kappa shape index (κ1) is 29.4. The van der Waals surface area contributed by atoms with Crippen LogP contribution in [0.2, 0.25) is 0 Å². The summed E-state index contributed by atoms with van der Waals surface area (Å²) in [4.78, 5) is 63.6. The van der Waals surface area contributed by atoms with Crippen LogP contribution >= 0.6 is 39.1 Å². The lowest BCUT2D eigenvalue weighted by molar-refractivity contribution is -0.140. The van der Waals surface area contributed by atoms with Crippen molar-refractivity contribution in [3.63, 3.8) is 0 Å². The van der Waals surface area contributed by atoms with E-state index < -0.39 is 63.1 Å². The van der Waals surface area contributed by atoms with Crippen LogP contribution in [0.1, 0.15) is 18.4 Å². The molecule has 0 spiro atoms. The van der Waals surface area contributed by atoms with Gasteiger partial charge in [0.15, 0.2) is 21.2 Å². The Hall–Kier alpha value is -3.09. The summed E-state index contributed by atoms with van der Waals surface area (Å²) in [6.45, 7) is 0. The molecule has 0 aromatic heterocycles. The Bertz CT molecular complexity index is 1420. The van der Waals surface area contributed by atoms with Crippen molar-refractivity contribution in [3.8, 4) is 17.2 Å². The number of halogens is 3. The molecule has 6 unspecified atom stereocenters. The van der Waals surface area contributed by atoms with Gasteiger partial charge in [0.25, 0.3) is 11.8 Å². The minimum absolute atomic E-state index is 0.103. The summed E-state index contributed by atoms with van der Waals surface area (Å²) in [5, 5.41) is 10.3. The average molecular weight is 672 g/mol. The molecular formula is C27H25BrCl2N2O9. The quantitative estimate of drug-likeness (QED) is 0.216. The van der Waals surface area contributed by atoms with Crippen molar-refractivity contribution in [2.45, 2.75) is 22.6 Å². The molecule has 5 amide bonds. The summed E-state index contributed by atoms with van der Waals surface area (Å²) >= 11 is 17.4. The molecule has 6 atom stereocenters. The summed E-state index contributed by atoms with van der Waals surface area (Å²) in [6.07, 6.45) is 3.76. The number of methoxy groups -OCH3 is 3. The third-order valence-electron chi connectivity index (χ3n) is 8.41. The van der Waals surface area contributed by atoms with Crippen LogP contribution in [0.15, 0.2) is 29.9 Å². The second-order valence-electron chi connectivity index (χ2n) is 10.1. The van der Waals surface area contributed by atoms with E-state index in [0.29, 0.717) is 16.0 Å². The number of carbonyl (C=O) groups is 5. The molecular weight excluding hydrogens is 647 g/mol. The highest BCUT2D eigenvalue weighted by Crippen LogP contribution is 2.63. The zero-order chi connectivity index (χ0) is 30.0. The number of phenols is 1. The monoisotopic (exact) mass is 670 g/mol. The first-order valence-electron chi connectivity index (χ1n) is 12.5. The van der Waals surface area contributed by atoms with E-state index in [4.69, 9.17) is 32.7 Å². The molecule has 11 nitrogen and oxygen atoms in total. The number of benzene rings is 1. The number of carbonyl (C=O) groups excluding carboxylic acids is 5. The highest BCUT2D eigenvalue weighted by Gasteiger charge is 2.75. The van der Waals surface area contributed by atoms with E-state index in [-0.39, 0.29) is 35.5 Å². The SMILES string of the molecule is COC(=O)N1C(=O)C2CC=C3C(CC4(Cl)C(=O)N(CBr)C(=O)C4(Cl)C3C=Cc3cc(OC)c(O)c(OC)c3)C2C1=O. The number of imide groups is 4. The maximum Gasteiger partial charge on any atom is 0.423 e. The number of likely N-dealkylation sites (tertiary alicyclic amines) is 2. The van der Waals surface area contributed by atoms with Gasteiger partial charge in [-0.2, -0.15) is 4.90 Å². The van der Waals surface area contributed by atoms with E-state index in [0.717, 1.165) is 12.0 Å².